The van der Waals surface area contributed by atoms with Crippen LogP contribution in [0.2, 0.25) is 5.02 Å². The number of aliphatic hydroxyl groups is 1. The standard InChI is InChI=1S/C14H20ClNO3S/c1-10-2-7-14(13(15)8-10)20(18,19)16-12-5-3-11(9-17)4-6-12/h2,7-8,11-12,16-17H,3-6,9H2,1H3. The fourth-order valence-corrected chi connectivity index (χ4v) is 4.47. The zero-order chi connectivity index (χ0) is 14.8. The van der Waals surface area contributed by atoms with Crippen LogP contribution in [0.4, 0.5) is 0 Å². The summed E-state index contributed by atoms with van der Waals surface area (Å²) in [7, 11) is -3.58. The number of hydrogen-bond donors (Lipinski definition) is 2. The first kappa shape index (κ1) is 15.8. The van der Waals surface area contributed by atoms with Crippen LogP contribution in [0.3, 0.4) is 0 Å². The van der Waals surface area contributed by atoms with Gasteiger partial charge >= 0.3 is 0 Å². The van der Waals surface area contributed by atoms with Crippen LogP contribution in [0.25, 0.3) is 0 Å². The Morgan fingerprint density at radius 1 is 1.30 bits per heavy atom. The molecule has 0 aliphatic heterocycles. The number of sulfonamides is 1. The molecule has 0 spiro atoms. The summed E-state index contributed by atoms with van der Waals surface area (Å²) in [5, 5.41) is 9.35. The Morgan fingerprint density at radius 3 is 2.50 bits per heavy atom. The van der Waals surface area contributed by atoms with Crippen molar-refractivity contribution in [2.45, 2.75) is 43.5 Å². The number of benzene rings is 1. The zero-order valence-corrected chi connectivity index (χ0v) is 13.0. The van der Waals surface area contributed by atoms with E-state index in [1.165, 1.54) is 0 Å². The molecule has 112 valence electrons. The summed E-state index contributed by atoms with van der Waals surface area (Å²) in [6.45, 7) is 2.05. The van der Waals surface area contributed by atoms with Crippen LogP contribution < -0.4 is 4.72 Å². The quantitative estimate of drug-likeness (QED) is 0.896. The van der Waals surface area contributed by atoms with Crippen molar-refractivity contribution in [2.24, 2.45) is 5.92 Å². The van der Waals surface area contributed by atoms with E-state index >= 15 is 0 Å². The maximum absolute atomic E-state index is 12.3. The van der Waals surface area contributed by atoms with E-state index in [2.05, 4.69) is 4.72 Å². The summed E-state index contributed by atoms with van der Waals surface area (Å²) in [6, 6.07) is 4.86. The Balaban J connectivity index is 2.08. The van der Waals surface area contributed by atoms with Gasteiger partial charge in [-0.2, -0.15) is 0 Å². The topological polar surface area (TPSA) is 66.4 Å². The highest BCUT2D eigenvalue weighted by Crippen LogP contribution is 2.27. The SMILES string of the molecule is Cc1ccc(S(=O)(=O)NC2CCC(CO)CC2)c(Cl)c1. The second kappa shape index (κ2) is 6.43. The molecule has 0 unspecified atom stereocenters. The lowest BCUT2D eigenvalue weighted by atomic mass is 9.87. The highest BCUT2D eigenvalue weighted by atomic mass is 35.5. The molecule has 1 saturated carbocycles. The van der Waals surface area contributed by atoms with Gasteiger partial charge in [0.05, 0.1) is 5.02 Å². The Bertz CT molecular complexity index is 566. The van der Waals surface area contributed by atoms with Gasteiger partial charge < -0.3 is 5.11 Å². The minimum absolute atomic E-state index is 0.0693. The van der Waals surface area contributed by atoms with Crippen LogP contribution >= 0.6 is 11.6 Å². The first-order chi connectivity index (χ1) is 9.42. The van der Waals surface area contributed by atoms with Gasteiger partial charge in [0.1, 0.15) is 4.90 Å². The highest BCUT2D eigenvalue weighted by molar-refractivity contribution is 7.89. The van der Waals surface area contributed by atoms with Crippen LogP contribution in [0.5, 0.6) is 0 Å². The second-order valence-electron chi connectivity index (χ2n) is 5.46. The second-order valence-corrected chi connectivity index (χ2v) is 7.54. The molecule has 2 rings (SSSR count). The largest absolute Gasteiger partial charge is 0.396 e. The molecule has 0 aromatic heterocycles. The number of nitrogens with one attached hydrogen (secondary N) is 1. The van der Waals surface area contributed by atoms with Crippen LogP contribution in [-0.4, -0.2) is 26.2 Å². The molecule has 0 radical (unpaired) electrons. The lowest BCUT2D eigenvalue weighted by molar-refractivity contribution is 0.180. The summed E-state index contributed by atoms with van der Waals surface area (Å²) in [5.74, 6) is 0.304. The number of aliphatic hydroxyl groups excluding tert-OH is 1. The summed E-state index contributed by atoms with van der Waals surface area (Å²) in [6.07, 6.45) is 3.22. The molecule has 2 N–H and O–H groups in total. The monoisotopic (exact) mass is 317 g/mol. The van der Waals surface area contributed by atoms with E-state index in [0.29, 0.717) is 5.92 Å². The van der Waals surface area contributed by atoms with E-state index < -0.39 is 10.0 Å². The third kappa shape index (κ3) is 3.73. The van der Waals surface area contributed by atoms with Crippen molar-refractivity contribution in [1.82, 2.24) is 4.72 Å². The van der Waals surface area contributed by atoms with E-state index in [1.807, 2.05) is 6.92 Å². The van der Waals surface area contributed by atoms with Gasteiger partial charge in [-0.25, -0.2) is 13.1 Å². The summed E-state index contributed by atoms with van der Waals surface area (Å²) < 4.78 is 27.4. The van der Waals surface area contributed by atoms with E-state index in [-0.39, 0.29) is 22.6 Å². The number of rotatable bonds is 4. The van der Waals surface area contributed by atoms with Crippen molar-refractivity contribution in [3.05, 3.63) is 28.8 Å². The molecule has 1 aliphatic carbocycles. The van der Waals surface area contributed by atoms with Gasteiger partial charge in [0.15, 0.2) is 0 Å². The van der Waals surface area contributed by atoms with Crippen LogP contribution in [0.15, 0.2) is 23.1 Å². The molecule has 0 amide bonds. The Kier molecular flexibility index (Phi) is 5.07. The zero-order valence-electron chi connectivity index (χ0n) is 11.5. The fraction of sp³-hybridized carbons (Fsp3) is 0.571. The molecule has 6 heteroatoms. The maximum atomic E-state index is 12.3. The van der Waals surface area contributed by atoms with Gasteiger partial charge in [0, 0.05) is 12.6 Å². The molecule has 0 bridgehead atoms. The molecular formula is C14H20ClNO3S. The normalized spacial score (nSPS) is 23.8. The molecule has 20 heavy (non-hydrogen) atoms. The number of hydrogen-bond acceptors (Lipinski definition) is 3. The molecule has 1 aromatic carbocycles. The average molecular weight is 318 g/mol. The maximum Gasteiger partial charge on any atom is 0.242 e. The molecule has 1 aliphatic rings. The molecule has 0 heterocycles. The van der Waals surface area contributed by atoms with Crippen molar-refractivity contribution in [3.8, 4) is 0 Å². The predicted octanol–water partition coefficient (Wildman–Crippen LogP) is 2.48. The summed E-state index contributed by atoms with van der Waals surface area (Å²) in [5.41, 5.74) is 0.928. The van der Waals surface area contributed by atoms with Crippen molar-refractivity contribution in [2.75, 3.05) is 6.61 Å². The lowest BCUT2D eigenvalue weighted by Crippen LogP contribution is -2.38. The molecule has 1 fully saturated rings. The van der Waals surface area contributed by atoms with Gasteiger partial charge in [-0.3, -0.25) is 0 Å². The van der Waals surface area contributed by atoms with E-state index in [1.54, 1.807) is 18.2 Å². The van der Waals surface area contributed by atoms with Gasteiger partial charge in [-0.1, -0.05) is 17.7 Å². The van der Waals surface area contributed by atoms with Gasteiger partial charge in [-0.05, 0) is 56.2 Å². The lowest BCUT2D eigenvalue weighted by Gasteiger charge is -2.27. The van der Waals surface area contributed by atoms with E-state index in [9.17, 15) is 8.42 Å². The minimum Gasteiger partial charge on any atom is -0.396 e. The molecule has 0 atom stereocenters. The van der Waals surface area contributed by atoms with Crippen molar-refractivity contribution >= 4 is 21.6 Å². The Morgan fingerprint density at radius 2 is 1.95 bits per heavy atom. The van der Waals surface area contributed by atoms with Crippen molar-refractivity contribution in [1.29, 1.82) is 0 Å². The van der Waals surface area contributed by atoms with Crippen LogP contribution in [-0.2, 0) is 10.0 Å². The third-order valence-electron chi connectivity index (χ3n) is 3.80. The summed E-state index contributed by atoms with van der Waals surface area (Å²) in [4.78, 5) is 0.133. The molecule has 4 nitrogen and oxygen atoms in total. The van der Waals surface area contributed by atoms with Gasteiger partial charge in [0.2, 0.25) is 10.0 Å². The first-order valence-corrected chi connectivity index (χ1v) is 8.68. The average Bonchev–Trinajstić information content (AvgIpc) is 2.38. The number of aryl methyl sites for hydroxylation is 1. The van der Waals surface area contributed by atoms with Gasteiger partial charge in [0.25, 0.3) is 0 Å². The predicted molar refractivity (Wildman–Crippen MR) is 79.3 cm³/mol. The van der Waals surface area contributed by atoms with E-state index in [0.717, 1.165) is 31.2 Å². The molecular weight excluding hydrogens is 298 g/mol. The molecule has 0 saturated heterocycles. The first-order valence-electron chi connectivity index (χ1n) is 6.81. The van der Waals surface area contributed by atoms with Gasteiger partial charge in [-0.15, -0.1) is 0 Å². The third-order valence-corrected chi connectivity index (χ3v) is 5.81. The fourth-order valence-electron chi connectivity index (χ4n) is 2.57. The van der Waals surface area contributed by atoms with Crippen LogP contribution in [0.1, 0.15) is 31.2 Å². The molecule has 1 aromatic rings. The van der Waals surface area contributed by atoms with Crippen LogP contribution in [0, 0.1) is 12.8 Å². The summed E-state index contributed by atoms with van der Waals surface area (Å²) >= 11 is 6.03. The Labute approximate surface area is 125 Å². The minimum atomic E-state index is -3.58. The highest BCUT2D eigenvalue weighted by Gasteiger charge is 2.26. The van der Waals surface area contributed by atoms with E-state index in [4.69, 9.17) is 16.7 Å². The smallest absolute Gasteiger partial charge is 0.242 e. The van der Waals surface area contributed by atoms with Crippen molar-refractivity contribution < 1.29 is 13.5 Å². The number of halogens is 1. The Hall–Kier alpha value is -0.620. The van der Waals surface area contributed by atoms with Crippen molar-refractivity contribution in [3.63, 3.8) is 0 Å².